The van der Waals surface area contributed by atoms with Crippen molar-refractivity contribution in [1.29, 1.82) is 0 Å². The van der Waals surface area contributed by atoms with E-state index < -0.39 is 0 Å². The SMILES string of the molecule is CCCCCCCCNc1ccc(C(=S)NCC[NH+](C)C)cc1. The number of hydrogen-bond acceptors (Lipinski definition) is 2. The molecule has 0 unspecified atom stereocenters. The highest BCUT2D eigenvalue weighted by Crippen LogP contribution is 2.11. The molecule has 0 aromatic heterocycles. The van der Waals surface area contributed by atoms with E-state index in [2.05, 4.69) is 55.9 Å². The molecule has 1 aromatic carbocycles. The lowest BCUT2D eigenvalue weighted by Gasteiger charge is -2.11. The van der Waals surface area contributed by atoms with E-state index in [1.165, 1.54) is 49.1 Å². The zero-order valence-corrected chi connectivity index (χ0v) is 15.9. The molecule has 0 aliphatic carbocycles. The molecule has 0 heterocycles. The Balaban J connectivity index is 2.21. The standard InChI is InChI=1S/C19H33N3S/c1-4-5-6-7-8-9-14-20-18-12-10-17(11-13-18)19(23)21-15-16-22(2)3/h10-13,20H,4-9,14-16H2,1-3H3,(H,21,23)/p+1. The van der Waals surface area contributed by atoms with Gasteiger partial charge in [0.05, 0.1) is 27.2 Å². The van der Waals surface area contributed by atoms with Crippen molar-refractivity contribution in [2.45, 2.75) is 45.4 Å². The molecule has 23 heavy (non-hydrogen) atoms. The third kappa shape index (κ3) is 9.57. The van der Waals surface area contributed by atoms with E-state index in [-0.39, 0.29) is 0 Å². The van der Waals surface area contributed by atoms with Crippen LogP contribution in [0.1, 0.15) is 51.0 Å². The third-order valence-electron chi connectivity index (χ3n) is 3.92. The molecule has 0 bridgehead atoms. The van der Waals surface area contributed by atoms with Gasteiger partial charge in [0.15, 0.2) is 0 Å². The van der Waals surface area contributed by atoms with E-state index in [0.29, 0.717) is 0 Å². The van der Waals surface area contributed by atoms with Crippen LogP contribution in [0.2, 0.25) is 0 Å². The van der Waals surface area contributed by atoms with Crippen LogP contribution in [0.4, 0.5) is 5.69 Å². The summed E-state index contributed by atoms with van der Waals surface area (Å²) in [4.78, 5) is 2.27. The number of rotatable bonds is 12. The summed E-state index contributed by atoms with van der Waals surface area (Å²) >= 11 is 5.43. The monoisotopic (exact) mass is 336 g/mol. The second kappa shape index (κ2) is 12.3. The average molecular weight is 337 g/mol. The molecule has 0 radical (unpaired) electrons. The van der Waals surface area contributed by atoms with Gasteiger partial charge in [0.25, 0.3) is 0 Å². The summed E-state index contributed by atoms with van der Waals surface area (Å²) in [5.41, 5.74) is 2.28. The number of nitrogens with one attached hydrogen (secondary N) is 3. The van der Waals surface area contributed by atoms with Gasteiger partial charge in [0.2, 0.25) is 0 Å². The van der Waals surface area contributed by atoms with Gasteiger partial charge in [-0.15, -0.1) is 0 Å². The van der Waals surface area contributed by atoms with E-state index in [1.807, 2.05) is 0 Å². The van der Waals surface area contributed by atoms with Gasteiger partial charge in [0, 0.05) is 17.8 Å². The summed E-state index contributed by atoms with van der Waals surface area (Å²) in [5.74, 6) is 0. The minimum Gasteiger partial charge on any atom is -0.385 e. The van der Waals surface area contributed by atoms with Gasteiger partial charge < -0.3 is 15.5 Å². The lowest BCUT2D eigenvalue weighted by atomic mass is 10.1. The second-order valence-corrected chi connectivity index (χ2v) is 6.89. The third-order valence-corrected chi connectivity index (χ3v) is 4.30. The van der Waals surface area contributed by atoms with Gasteiger partial charge in [-0.3, -0.25) is 0 Å². The van der Waals surface area contributed by atoms with Crippen molar-refractivity contribution in [3.8, 4) is 0 Å². The molecule has 0 saturated heterocycles. The Morgan fingerprint density at radius 2 is 1.61 bits per heavy atom. The lowest BCUT2D eigenvalue weighted by molar-refractivity contribution is -0.856. The highest BCUT2D eigenvalue weighted by atomic mass is 32.1. The molecule has 1 aromatic rings. The Morgan fingerprint density at radius 1 is 0.957 bits per heavy atom. The minimum atomic E-state index is 0.841. The predicted octanol–water partition coefficient (Wildman–Crippen LogP) is 2.87. The fourth-order valence-electron chi connectivity index (χ4n) is 2.41. The maximum Gasteiger partial charge on any atom is 0.106 e. The van der Waals surface area contributed by atoms with Crippen LogP contribution < -0.4 is 15.5 Å². The largest absolute Gasteiger partial charge is 0.385 e. The normalized spacial score (nSPS) is 10.8. The maximum atomic E-state index is 5.43. The molecule has 0 amide bonds. The highest BCUT2D eigenvalue weighted by molar-refractivity contribution is 7.80. The fourth-order valence-corrected chi connectivity index (χ4v) is 2.64. The van der Waals surface area contributed by atoms with Crippen LogP contribution >= 0.6 is 12.2 Å². The number of thiocarbonyl (C=S) groups is 1. The maximum absolute atomic E-state index is 5.43. The first-order chi connectivity index (χ1) is 11.1. The number of likely N-dealkylation sites (N-methyl/N-ethyl adjacent to an activating group) is 1. The highest BCUT2D eigenvalue weighted by Gasteiger charge is 2.02. The Labute approximate surface area is 147 Å². The molecule has 3 nitrogen and oxygen atoms in total. The van der Waals surface area contributed by atoms with Gasteiger partial charge >= 0.3 is 0 Å². The Bertz CT molecular complexity index is 429. The zero-order chi connectivity index (χ0) is 16.9. The van der Waals surface area contributed by atoms with Crippen molar-refractivity contribution < 1.29 is 4.90 Å². The Kier molecular flexibility index (Phi) is 10.7. The van der Waals surface area contributed by atoms with Crippen molar-refractivity contribution in [3.05, 3.63) is 29.8 Å². The van der Waals surface area contributed by atoms with Crippen LogP contribution in [0.25, 0.3) is 0 Å². The summed E-state index contributed by atoms with van der Waals surface area (Å²) < 4.78 is 0. The second-order valence-electron chi connectivity index (χ2n) is 6.48. The smallest absolute Gasteiger partial charge is 0.106 e. The molecular formula is C19H34N3S+. The molecule has 4 heteroatoms. The molecule has 0 saturated carbocycles. The van der Waals surface area contributed by atoms with Gasteiger partial charge in [0.1, 0.15) is 4.99 Å². The van der Waals surface area contributed by atoms with E-state index in [0.717, 1.165) is 30.2 Å². The molecule has 0 aliphatic heterocycles. The first-order valence-electron chi connectivity index (χ1n) is 9.04. The Morgan fingerprint density at radius 3 is 2.26 bits per heavy atom. The van der Waals surface area contributed by atoms with Crippen LogP contribution in [0.3, 0.4) is 0 Å². The average Bonchev–Trinajstić information content (AvgIpc) is 2.54. The van der Waals surface area contributed by atoms with Crippen LogP contribution in [0.15, 0.2) is 24.3 Å². The van der Waals surface area contributed by atoms with Gasteiger partial charge in [-0.2, -0.15) is 0 Å². The van der Waals surface area contributed by atoms with E-state index in [4.69, 9.17) is 12.2 Å². The van der Waals surface area contributed by atoms with E-state index in [1.54, 1.807) is 0 Å². The van der Waals surface area contributed by atoms with Crippen LogP contribution in [0, 0.1) is 0 Å². The van der Waals surface area contributed by atoms with Crippen molar-refractivity contribution in [3.63, 3.8) is 0 Å². The molecule has 0 fully saturated rings. The fraction of sp³-hybridized carbons (Fsp3) is 0.632. The van der Waals surface area contributed by atoms with Crippen LogP contribution in [-0.2, 0) is 0 Å². The zero-order valence-electron chi connectivity index (χ0n) is 15.1. The van der Waals surface area contributed by atoms with Crippen LogP contribution in [0.5, 0.6) is 0 Å². The van der Waals surface area contributed by atoms with Crippen molar-refractivity contribution in [1.82, 2.24) is 5.32 Å². The molecule has 1 rings (SSSR count). The summed E-state index contributed by atoms with van der Waals surface area (Å²) in [7, 11) is 4.30. The van der Waals surface area contributed by atoms with Crippen molar-refractivity contribution in [2.24, 2.45) is 0 Å². The predicted molar refractivity (Wildman–Crippen MR) is 106 cm³/mol. The number of benzene rings is 1. The van der Waals surface area contributed by atoms with E-state index >= 15 is 0 Å². The molecule has 130 valence electrons. The topological polar surface area (TPSA) is 28.5 Å². The first kappa shape index (κ1) is 19.9. The summed E-state index contributed by atoms with van der Waals surface area (Å²) in [5, 5.41) is 6.81. The van der Waals surface area contributed by atoms with Crippen molar-refractivity contribution in [2.75, 3.05) is 39.0 Å². The number of quaternary nitrogens is 1. The number of hydrogen-bond donors (Lipinski definition) is 3. The molecule has 3 N–H and O–H groups in total. The van der Waals surface area contributed by atoms with Crippen LogP contribution in [-0.4, -0.2) is 38.7 Å². The van der Waals surface area contributed by atoms with Crippen molar-refractivity contribution >= 4 is 22.9 Å². The molecular weight excluding hydrogens is 302 g/mol. The van der Waals surface area contributed by atoms with Gasteiger partial charge in [-0.25, -0.2) is 0 Å². The van der Waals surface area contributed by atoms with E-state index in [9.17, 15) is 0 Å². The number of unbranched alkanes of at least 4 members (excludes halogenated alkanes) is 5. The molecule has 0 spiro atoms. The summed E-state index contributed by atoms with van der Waals surface area (Å²) in [6, 6.07) is 8.44. The van der Waals surface area contributed by atoms with Gasteiger partial charge in [-0.1, -0.05) is 51.2 Å². The summed E-state index contributed by atoms with van der Waals surface area (Å²) in [6.45, 7) is 5.30. The number of anilines is 1. The molecule has 0 atom stereocenters. The summed E-state index contributed by atoms with van der Waals surface area (Å²) in [6.07, 6.45) is 8.01. The quantitative estimate of drug-likeness (QED) is 0.405. The first-order valence-corrected chi connectivity index (χ1v) is 9.45. The Hall–Kier alpha value is -1.13. The molecule has 0 aliphatic rings. The lowest BCUT2D eigenvalue weighted by Crippen LogP contribution is -3.06. The minimum absolute atomic E-state index is 0.841. The van der Waals surface area contributed by atoms with Gasteiger partial charge in [-0.05, 0) is 30.7 Å².